The molecule has 0 spiro atoms. The second-order valence-corrected chi connectivity index (χ2v) is 7.92. The van der Waals surface area contributed by atoms with Crippen LogP contribution >= 0.6 is 0 Å². The molecule has 0 amide bonds. The molecule has 3 rings (SSSR count). The van der Waals surface area contributed by atoms with Crippen molar-refractivity contribution < 1.29 is 9.00 Å². The van der Waals surface area contributed by atoms with Crippen LogP contribution in [0, 0.1) is 19.8 Å². The number of hydrogen-bond acceptors (Lipinski definition) is 2. The molecule has 2 unspecified atom stereocenters. The van der Waals surface area contributed by atoms with Gasteiger partial charge in [0, 0.05) is 32.8 Å². The Hall–Kier alpha value is -0.960. The van der Waals surface area contributed by atoms with Gasteiger partial charge >= 0.3 is 0 Å². The summed E-state index contributed by atoms with van der Waals surface area (Å²) in [5, 5.41) is 0.552. The average molecular weight is 276 g/mol. The topological polar surface area (TPSA) is 34.1 Å². The van der Waals surface area contributed by atoms with Crippen molar-refractivity contribution in [3.63, 3.8) is 0 Å². The van der Waals surface area contributed by atoms with E-state index in [1.165, 1.54) is 5.56 Å². The molecule has 2 bridgehead atoms. The molecule has 0 aromatic heterocycles. The second-order valence-electron chi connectivity index (χ2n) is 5.93. The zero-order chi connectivity index (χ0) is 13.6. The van der Waals surface area contributed by atoms with Crippen molar-refractivity contribution >= 4 is 16.6 Å². The van der Waals surface area contributed by atoms with Crippen LogP contribution in [0.1, 0.15) is 47.2 Å². The monoisotopic (exact) mass is 276 g/mol. The molecule has 1 aromatic rings. The Morgan fingerprint density at radius 3 is 2.42 bits per heavy atom. The Morgan fingerprint density at radius 1 is 1.16 bits per heavy atom. The maximum absolute atomic E-state index is 12.7. The number of benzene rings is 1. The van der Waals surface area contributed by atoms with Crippen LogP contribution in [0.2, 0.25) is 0 Å². The van der Waals surface area contributed by atoms with E-state index in [9.17, 15) is 9.00 Å². The summed E-state index contributed by atoms with van der Waals surface area (Å²) < 4.78 is 12.0. The lowest BCUT2D eigenvalue weighted by atomic mass is 9.87. The van der Waals surface area contributed by atoms with E-state index in [0.717, 1.165) is 36.8 Å². The third kappa shape index (κ3) is 2.18. The second kappa shape index (κ2) is 4.86. The van der Waals surface area contributed by atoms with E-state index >= 15 is 0 Å². The van der Waals surface area contributed by atoms with Crippen LogP contribution in [-0.4, -0.2) is 20.5 Å². The Morgan fingerprint density at radius 2 is 1.79 bits per heavy atom. The van der Waals surface area contributed by atoms with Gasteiger partial charge in [-0.1, -0.05) is 18.2 Å². The molecule has 2 heterocycles. The molecule has 19 heavy (non-hydrogen) atoms. The van der Waals surface area contributed by atoms with E-state index in [2.05, 4.69) is 0 Å². The fraction of sp³-hybridized carbons (Fsp3) is 0.562. The van der Waals surface area contributed by atoms with Gasteiger partial charge < -0.3 is 0 Å². The molecule has 2 fully saturated rings. The van der Waals surface area contributed by atoms with Gasteiger partial charge in [0.2, 0.25) is 0 Å². The van der Waals surface area contributed by atoms with Gasteiger partial charge in [0.15, 0.2) is 5.78 Å². The summed E-state index contributed by atoms with van der Waals surface area (Å²) >= 11 is 0. The third-order valence-corrected chi connectivity index (χ3v) is 6.97. The van der Waals surface area contributed by atoms with Gasteiger partial charge in [-0.05, 0) is 50.7 Å². The molecule has 0 radical (unpaired) electrons. The summed E-state index contributed by atoms with van der Waals surface area (Å²) in [6.07, 6.45) is 3.76. The van der Waals surface area contributed by atoms with Gasteiger partial charge in [0.1, 0.15) is 0 Å². The van der Waals surface area contributed by atoms with Crippen LogP contribution in [0.3, 0.4) is 0 Å². The van der Waals surface area contributed by atoms with Crippen molar-refractivity contribution in [2.45, 2.75) is 50.0 Å². The van der Waals surface area contributed by atoms with Crippen molar-refractivity contribution in [2.24, 2.45) is 5.92 Å². The normalized spacial score (nSPS) is 33.4. The standard InChI is InChI=1S/C16H20O2S/c1-10-4-3-5-15(11(10)2)16(17)12-8-13-6-7-14(9-12)19(13)18/h3-5,12-14H,6-9H2,1-2H3. The molecular weight excluding hydrogens is 256 g/mol. The van der Waals surface area contributed by atoms with Crippen molar-refractivity contribution in [1.29, 1.82) is 0 Å². The summed E-state index contributed by atoms with van der Waals surface area (Å²) in [6, 6.07) is 5.95. The first-order valence-corrected chi connectivity index (χ1v) is 8.35. The number of Topliss-reactive ketones (excluding diaryl/α,β-unsaturated/α-hetero) is 1. The Bertz CT molecular complexity index is 534. The highest BCUT2D eigenvalue weighted by molar-refractivity contribution is 7.86. The summed E-state index contributed by atoms with van der Waals surface area (Å²) in [6.45, 7) is 4.07. The maximum atomic E-state index is 12.7. The maximum Gasteiger partial charge on any atom is 0.166 e. The van der Waals surface area contributed by atoms with Crippen molar-refractivity contribution in [2.75, 3.05) is 0 Å². The first kappa shape index (κ1) is 13.0. The largest absolute Gasteiger partial charge is 0.294 e. The van der Waals surface area contributed by atoms with Crippen LogP contribution in [0.4, 0.5) is 0 Å². The highest BCUT2D eigenvalue weighted by Gasteiger charge is 2.42. The lowest BCUT2D eigenvalue weighted by Gasteiger charge is -2.26. The predicted octanol–water partition coefficient (Wildman–Crippen LogP) is 3.18. The minimum Gasteiger partial charge on any atom is -0.294 e. The zero-order valence-electron chi connectivity index (χ0n) is 11.5. The Labute approximate surface area is 117 Å². The predicted molar refractivity (Wildman–Crippen MR) is 77.9 cm³/mol. The molecule has 1 aromatic carbocycles. The number of carbonyl (C=O) groups is 1. The smallest absolute Gasteiger partial charge is 0.166 e. The summed E-state index contributed by atoms with van der Waals surface area (Å²) in [7, 11) is -0.674. The van der Waals surface area contributed by atoms with Gasteiger partial charge in [-0.25, -0.2) is 0 Å². The summed E-state index contributed by atoms with van der Waals surface area (Å²) in [4.78, 5) is 12.7. The molecule has 2 aliphatic heterocycles. The van der Waals surface area contributed by atoms with E-state index in [-0.39, 0.29) is 22.2 Å². The molecule has 0 N–H and O–H groups in total. The molecule has 2 atom stereocenters. The Kier molecular flexibility index (Phi) is 3.34. The number of rotatable bonds is 2. The minimum atomic E-state index is -0.674. The molecule has 3 heteroatoms. The fourth-order valence-electron chi connectivity index (χ4n) is 3.48. The van der Waals surface area contributed by atoms with Crippen LogP contribution < -0.4 is 0 Å². The van der Waals surface area contributed by atoms with Crippen LogP contribution in [0.15, 0.2) is 18.2 Å². The van der Waals surface area contributed by atoms with Crippen molar-refractivity contribution in [1.82, 2.24) is 0 Å². The number of hydrogen-bond donors (Lipinski definition) is 0. The quantitative estimate of drug-likeness (QED) is 0.777. The molecule has 2 aliphatic rings. The number of fused-ring (bicyclic) bond motifs is 2. The molecule has 0 aliphatic carbocycles. The molecule has 2 nitrogen and oxygen atoms in total. The van der Waals surface area contributed by atoms with Crippen LogP contribution in [0.25, 0.3) is 0 Å². The van der Waals surface area contributed by atoms with Gasteiger partial charge in [-0.2, -0.15) is 0 Å². The fourth-order valence-corrected chi connectivity index (χ4v) is 5.61. The highest BCUT2D eigenvalue weighted by Crippen LogP contribution is 2.40. The van der Waals surface area contributed by atoms with E-state index in [1.807, 2.05) is 32.0 Å². The molecular formula is C16H20O2S. The van der Waals surface area contributed by atoms with Crippen molar-refractivity contribution in [3.8, 4) is 0 Å². The molecule has 102 valence electrons. The van der Waals surface area contributed by atoms with Crippen LogP contribution in [0.5, 0.6) is 0 Å². The van der Waals surface area contributed by atoms with E-state index in [1.54, 1.807) is 0 Å². The summed E-state index contributed by atoms with van der Waals surface area (Å²) in [5.74, 6) is 0.366. The SMILES string of the molecule is Cc1cccc(C(=O)C2CC3CCC(C2)S3=O)c1C. The van der Waals surface area contributed by atoms with Gasteiger partial charge in [0.25, 0.3) is 0 Å². The minimum absolute atomic E-state index is 0.0932. The van der Waals surface area contributed by atoms with Crippen molar-refractivity contribution in [3.05, 3.63) is 34.9 Å². The van der Waals surface area contributed by atoms with Gasteiger partial charge in [-0.3, -0.25) is 9.00 Å². The summed E-state index contributed by atoms with van der Waals surface area (Å²) in [5.41, 5.74) is 3.15. The lowest BCUT2D eigenvalue weighted by Crippen LogP contribution is -2.32. The molecule has 2 saturated heterocycles. The molecule has 0 saturated carbocycles. The number of aryl methyl sites for hydroxylation is 1. The Balaban J connectivity index is 1.85. The number of carbonyl (C=O) groups excluding carboxylic acids is 1. The van der Waals surface area contributed by atoms with E-state index in [4.69, 9.17) is 0 Å². The van der Waals surface area contributed by atoms with E-state index < -0.39 is 10.8 Å². The lowest BCUT2D eigenvalue weighted by molar-refractivity contribution is 0.0905. The first-order valence-electron chi connectivity index (χ1n) is 7.07. The van der Waals surface area contributed by atoms with Crippen LogP contribution in [-0.2, 0) is 10.8 Å². The first-order chi connectivity index (χ1) is 9.08. The zero-order valence-corrected chi connectivity index (χ0v) is 12.3. The number of ketones is 1. The highest BCUT2D eigenvalue weighted by atomic mass is 32.2. The average Bonchev–Trinajstić information content (AvgIpc) is 2.64. The van der Waals surface area contributed by atoms with Gasteiger partial charge in [0.05, 0.1) is 0 Å². The van der Waals surface area contributed by atoms with Gasteiger partial charge in [-0.15, -0.1) is 0 Å². The third-order valence-electron chi connectivity index (χ3n) is 4.80. The van der Waals surface area contributed by atoms with E-state index in [0.29, 0.717) is 0 Å².